The summed E-state index contributed by atoms with van der Waals surface area (Å²) in [7, 11) is 16.8. The Kier molecular flexibility index (Phi) is 47.0. The van der Waals surface area contributed by atoms with E-state index in [1.165, 1.54) is 22.7 Å². The third-order valence-electron chi connectivity index (χ3n) is 21.6. The Balaban J connectivity index is 0.000000259. The summed E-state index contributed by atoms with van der Waals surface area (Å²) in [6.07, 6.45) is 4.56. The zero-order valence-electron chi connectivity index (χ0n) is 84.0. The molecule has 0 fully saturated rings. The van der Waals surface area contributed by atoms with Crippen molar-refractivity contribution in [2.24, 2.45) is 72.3 Å². The van der Waals surface area contributed by atoms with E-state index in [2.05, 4.69) is 231 Å². The molecule has 5 aromatic heterocycles. The SMILES string of the molecule is CCCN(C)c1ccc(N=Nc2sc3cc(OC)ccc3[n+]2C)cc1.CCCN(CC)c1ccc(N=Nc2sc3cc(OC)ccc3[n+]2C)cc1.CCCN(CC)c1ccc(N=Nc2sc3cc(OC)ccc3[n+]2CC)cc1.CCCN(CC)c1ccc(N=Nc2sc3cc(OCC)ccc3[n+]2C)cc1.CC[n+]1c(N=Nc2ccc(N(C)CCO)cc2)sc2cc(OC)ccc21.[CH3-].[CH3-].[CH3-].[CH3-].[CH3-]. The molecule has 26 nitrogen and oxygen atoms in total. The van der Waals surface area contributed by atoms with E-state index in [0.717, 1.165) is 224 Å². The van der Waals surface area contributed by atoms with Crippen molar-refractivity contribution in [1.82, 2.24) is 0 Å². The zero-order valence-corrected chi connectivity index (χ0v) is 88.1. The minimum absolute atomic E-state index is 0. The van der Waals surface area contributed by atoms with E-state index in [-0.39, 0.29) is 43.7 Å². The first-order chi connectivity index (χ1) is 63.8. The molecule has 0 unspecified atom stereocenters. The maximum atomic E-state index is 9.02. The van der Waals surface area contributed by atoms with Gasteiger partial charge in [0, 0.05) is 125 Å². The maximum Gasteiger partial charge on any atom is 0.409 e. The molecule has 0 spiro atoms. The van der Waals surface area contributed by atoms with Gasteiger partial charge in [0.05, 0.1) is 125 Å². The molecule has 0 radical (unpaired) electrons. The molecule has 5 heterocycles. The van der Waals surface area contributed by atoms with Gasteiger partial charge in [0.2, 0.25) is 0 Å². The molecule has 0 saturated heterocycles. The zero-order chi connectivity index (χ0) is 93.3. The van der Waals surface area contributed by atoms with Crippen LogP contribution in [-0.2, 0) is 34.2 Å². The van der Waals surface area contributed by atoms with Crippen LogP contribution in [-0.4, -0.2) is 113 Å². The van der Waals surface area contributed by atoms with Crippen molar-refractivity contribution >= 4 is 190 Å². The number of azo groups is 5. The summed E-state index contributed by atoms with van der Waals surface area (Å²) in [5.74, 6) is 4.29. The van der Waals surface area contributed by atoms with Crippen LogP contribution in [0.3, 0.4) is 0 Å². The summed E-state index contributed by atoms with van der Waals surface area (Å²) in [4.78, 5) is 11.3. The molecule has 10 aromatic carbocycles. The lowest BCUT2D eigenvalue weighted by Gasteiger charge is -2.22. The fraction of sp³-hybridized carbons (Fsp3) is 0.333. The molecule has 0 amide bonds. The Morgan fingerprint density at radius 2 is 0.515 bits per heavy atom. The number of thiazole rings is 5. The van der Waals surface area contributed by atoms with Crippen molar-refractivity contribution in [3.05, 3.63) is 249 Å². The van der Waals surface area contributed by atoms with Gasteiger partial charge in [0.15, 0.2) is 0 Å². The number of hydrogen-bond acceptors (Lipinski definition) is 26. The lowest BCUT2D eigenvalue weighted by atomic mass is 10.2. The van der Waals surface area contributed by atoms with Crippen LogP contribution < -0.4 is 71.0 Å². The summed E-state index contributed by atoms with van der Waals surface area (Å²) in [5.41, 5.74) is 15.8. The van der Waals surface area contributed by atoms with Crippen LogP contribution in [0.25, 0.3) is 51.1 Å². The van der Waals surface area contributed by atoms with Crippen molar-refractivity contribution in [3.8, 4) is 28.7 Å². The number of nitrogens with zero attached hydrogens (tertiary/aromatic N) is 20. The number of likely N-dealkylation sites (N-methyl/N-ethyl adjacent to an activating group) is 1. The largest absolute Gasteiger partial charge is 0.497 e. The highest BCUT2D eigenvalue weighted by Gasteiger charge is 2.24. The Labute approximate surface area is 827 Å². The minimum atomic E-state index is 0. The van der Waals surface area contributed by atoms with Gasteiger partial charge in [-0.1, -0.05) is 27.7 Å². The smallest absolute Gasteiger partial charge is 0.409 e. The number of ether oxygens (including phenoxy) is 5. The van der Waals surface area contributed by atoms with E-state index in [9.17, 15) is 0 Å². The van der Waals surface area contributed by atoms with Crippen molar-refractivity contribution in [2.75, 3.05) is 133 Å². The number of anilines is 5. The average molecular weight is 1940 g/mol. The van der Waals surface area contributed by atoms with Crippen LogP contribution in [0.2, 0.25) is 0 Å². The Bertz CT molecular complexity index is 6300. The molecule has 31 heteroatoms. The highest BCUT2D eigenvalue weighted by Crippen LogP contribution is 2.38. The average Bonchev–Trinajstić information content (AvgIpc) is 2.11. The Hall–Kier alpha value is -12.4. The summed E-state index contributed by atoms with van der Waals surface area (Å²) in [6, 6.07) is 71.2. The van der Waals surface area contributed by atoms with Gasteiger partial charge in [-0.25, -0.2) is 22.8 Å². The number of aliphatic hydroxyl groups excluding tert-OH is 1. The molecule has 0 saturated carbocycles. The van der Waals surface area contributed by atoms with E-state index in [0.29, 0.717) is 13.2 Å². The fourth-order valence-electron chi connectivity index (χ4n) is 14.5. The van der Waals surface area contributed by atoms with Gasteiger partial charge in [-0.2, -0.15) is 0 Å². The van der Waals surface area contributed by atoms with Crippen LogP contribution in [0.1, 0.15) is 94.9 Å². The van der Waals surface area contributed by atoms with E-state index in [1.54, 1.807) is 85.1 Å². The molecule has 0 atom stereocenters. The lowest BCUT2D eigenvalue weighted by Crippen LogP contribution is -2.30. The first kappa shape index (κ1) is 112. The van der Waals surface area contributed by atoms with E-state index in [4.69, 9.17) is 28.8 Å². The van der Waals surface area contributed by atoms with Crippen LogP contribution >= 0.6 is 56.7 Å². The van der Waals surface area contributed by atoms with Crippen molar-refractivity contribution < 1.29 is 51.6 Å². The summed E-state index contributed by atoms with van der Waals surface area (Å²) >= 11 is 8.05. The molecule has 15 aromatic rings. The molecule has 0 aliphatic rings. The van der Waals surface area contributed by atoms with Gasteiger partial charge in [-0.3, -0.25) is 0 Å². The van der Waals surface area contributed by atoms with Gasteiger partial charge in [0.25, 0.3) is 0 Å². The first-order valence-corrected chi connectivity index (χ1v) is 48.7. The maximum absolute atomic E-state index is 9.02. The van der Waals surface area contributed by atoms with Crippen molar-refractivity contribution in [1.29, 1.82) is 0 Å². The molecule has 726 valence electrons. The number of fused-ring (bicyclic) bond motifs is 5. The molecule has 15 rings (SSSR count). The molecule has 136 heavy (non-hydrogen) atoms. The summed E-state index contributed by atoms with van der Waals surface area (Å²) in [6.45, 7) is 31.9. The summed E-state index contributed by atoms with van der Waals surface area (Å²) < 4.78 is 43.0. The first-order valence-electron chi connectivity index (χ1n) is 44.7. The number of aryl methyl sites for hydroxylation is 5. The van der Waals surface area contributed by atoms with Crippen LogP contribution in [0.5, 0.6) is 28.7 Å². The van der Waals surface area contributed by atoms with Gasteiger partial charge < -0.3 is 90.4 Å². The molecule has 0 aliphatic carbocycles. The Morgan fingerprint density at radius 1 is 0.279 bits per heavy atom. The second kappa shape index (κ2) is 56.8. The highest BCUT2D eigenvalue weighted by atomic mass is 32.1. The van der Waals surface area contributed by atoms with Gasteiger partial charge in [0.1, 0.15) is 84.8 Å². The molecule has 0 bridgehead atoms. The number of benzene rings is 10. The molecule has 0 aliphatic heterocycles. The van der Waals surface area contributed by atoms with E-state index < -0.39 is 0 Å². The molecular weight excluding hydrogens is 1800 g/mol. The molecular formula is C105H140N20O6S5. The normalized spacial score (nSPS) is 11.0. The molecule has 1 N–H and O–H groups in total. The Morgan fingerprint density at radius 3 is 0.765 bits per heavy atom. The topological polar surface area (TPSA) is 226 Å². The third-order valence-corrected chi connectivity index (χ3v) is 27.0. The highest BCUT2D eigenvalue weighted by molar-refractivity contribution is 7.22. The van der Waals surface area contributed by atoms with Crippen LogP contribution in [0.15, 0.2) is 263 Å². The van der Waals surface area contributed by atoms with Gasteiger partial charge in [-0.15, -0.1) is 0 Å². The number of hydrogen-bond donors (Lipinski definition) is 1. The third kappa shape index (κ3) is 29.8. The standard InChI is InChI=1S/2C21H27N4OS.C20H25N4OS.C19H23N4O2S.C19H23N4OS.5CH3/c1-5-14-24(6-2)17-10-8-16(9-11-17)22-23-21-25(7-3)19-13-12-18(26-4)15-20(19)27-21;1-5-14-25(6-2)17-10-8-16(9-11-17)22-23-21-24(4)19-13-12-18(26-7-3)15-20(19)27-21;1-5-13-24(6-2)16-9-7-15(8-10-16)21-22-20-23(3)18-12-11-17(25-4)14-19(18)26-20;1-4-23-17-10-9-16(25-3)13-18(17)26-19(23)21-20-14-5-7-15(8-6-14)22(2)11-12-24;1-5-12-22(2)15-8-6-14(7-9-15)20-21-19-23(3)17-11-10-16(24-4)13-18(17)25-19;;;;;/h2*8-13,15H,5-7,14H2,1-4H3;7-12,14H,5-6,13H2,1-4H3;5-10,13,24H,4,11-12H2,1-3H3;6-11,13H,5,12H2,1-4H3;5*1H3/q5*+1;5*-1. The lowest BCUT2D eigenvalue weighted by molar-refractivity contribution is -0.651. The van der Waals surface area contributed by atoms with Crippen molar-refractivity contribution in [2.45, 2.75) is 108 Å². The fourth-order valence-corrected chi connectivity index (χ4v) is 19.6. The van der Waals surface area contributed by atoms with Gasteiger partial charge in [-0.05, 0) is 331 Å². The second-order valence-electron chi connectivity index (χ2n) is 30.4. The number of rotatable bonds is 36. The predicted octanol–water partition coefficient (Wildman–Crippen LogP) is 28.3. The number of aromatic nitrogens is 5. The van der Waals surface area contributed by atoms with Gasteiger partial charge >= 0.3 is 25.7 Å². The number of aliphatic hydroxyl groups is 1. The van der Waals surface area contributed by atoms with Crippen molar-refractivity contribution in [3.63, 3.8) is 0 Å². The van der Waals surface area contributed by atoms with Crippen LogP contribution in [0, 0.1) is 37.1 Å². The predicted molar refractivity (Wildman–Crippen MR) is 575 cm³/mol. The monoisotopic (exact) mass is 1940 g/mol. The minimum Gasteiger partial charge on any atom is -0.497 e. The number of methoxy groups -OCH3 is 4. The second-order valence-corrected chi connectivity index (χ2v) is 35.4. The van der Waals surface area contributed by atoms with E-state index in [1.807, 2.05) is 184 Å². The quantitative estimate of drug-likeness (QED) is 0.0221. The summed E-state index contributed by atoms with van der Waals surface area (Å²) in [5, 5.41) is 57.8. The van der Waals surface area contributed by atoms with E-state index >= 15 is 0 Å². The van der Waals surface area contributed by atoms with Crippen LogP contribution in [0.4, 0.5) is 82.5 Å².